The maximum atomic E-state index is 9.76. The van der Waals surface area contributed by atoms with Gasteiger partial charge in [0, 0.05) is 16.2 Å². The van der Waals surface area contributed by atoms with E-state index in [9.17, 15) is 5.11 Å². The molecule has 0 aliphatic rings. The molecule has 0 saturated carbocycles. The molecule has 1 aromatic heterocycles. The molecular formula is C14H14BrNO2. The highest BCUT2D eigenvalue weighted by Crippen LogP contribution is 2.32. The predicted octanol–water partition coefficient (Wildman–Crippen LogP) is 4.00. The standard InChI is InChI=1S/C14H14BrNO2/c1-9-13(4-3-7-16-9)18-14-6-5-11(15)8-12(14)10(2)17/h3-8,10,17H,1-2H3. The summed E-state index contributed by atoms with van der Waals surface area (Å²) in [6, 6.07) is 9.25. The second kappa shape index (κ2) is 5.50. The molecule has 0 saturated heterocycles. The number of nitrogens with zero attached hydrogens (tertiary/aromatic N) is 1. The summed E-state index contributed by atoms with van der Waals surface area (Å²) in [4.78, 5) is 4.17. The van der Waals surface area contributed by atoms with Crippen molar-refractivity contribution in [2.75, 3.05) is 0 Å². The van der Waals surface area contributed by atoms with Crippen molar-refractivity contribution in [2.24, 2.45) is 0 Å². The molecule has 2 rings (SSSR count). The average Bonchev–Trinajstić information content (AvgIpc) is 2.34. The van der Waals surface area contributed by atoms with E-state index in [2.05, 4.69) is 20.9 Å². The van der Waals surface area contributed by atoms with Crippen LogP contribution < -0.4 is 4.74 Å². The molecule has 0 aliphatic heterocycles. The third-order valence-corrected chi connectivity index (χ3v) is 3.09. The minimum Gasteiger partial charge on any atom is -0.455 e. The average molecular weight is 308 g/mol. The first-order valence-electron chi connectivity index (χ1n) is 5.65. The number of pyridine rings is 1. The van der Waals surface area contributed by atoms with E-state index < -0.39 is 6.10 Å². The van der Waals surface area contributed by atoms with Gasteiger partial charge in [0.25, 0.3) is 0 Å². The first-order valence-corrected chi connectivity index (χ1v) is 6.44. The van der Waals surface area contributed by atoms with Crippen molar-refractivity contribution in [1.82, 2.24) is 4.98 Å². The van der Waals surface area contributed by atoms with Gasteiger partial charge in [-0.05, 0) is 44.2 Å². The summed E-state index contributed by atoms with van der Waals surface area (Å²) in [6.07, 6.45) is 1.13. The SMILES string of the molecule is Cc1ncccc1Oc1ccc(Br)cc1C(C)O. The Kier molecular flexibility index (Phi) is 3.99. The normalized spacial score (nSPS) is 12.2. The van der Waals surface area contributed by atoms with Crippen molar-refractivity contribution in [2.45, 2.75) is 20.0 Å². The number of aliphatic hydroxyl groups excluding tert-OH is 1. The Morgan fingerprint density at radius 2 is 2.06 bits per heavy atom. The highest BCUT2D eigenvalue weighted by atomic mass is 79.9. The van der Waals surface area contributed by atoms with E-state index in [4.69, 9.17) is 4.74 Å². The fraction of sp³-hybridized carbons (Fsp3) is 0.214. The lowest BCUT2D eigenvalue weighted by Crippen LogP contribution is -1.97. The summed E-state index contributed by atoms with van der Waals surface area (Å²) in [6.45, 7) is 3.60. The van der Waals surface area contributed by atoms with Gasteiger partial charge in [0.1, 0.15) is 11.5 Å². The number of aliphatic hydroxyl groups is 1. The van der Waals surface area contributed by atoms with Crippen LogP contribution in [0.3, 0.4) is 0 Å². The van der Waals surface area contributed by atoms with Crippen LogP contribution in [0.5, 0.6) is 11.5 Å². The molecule has 2 aromatic rings. The van der Waals surface area contributed by atoms with Crippen molar-refractivity contribution < 1.29 is 9.84 Å². The van der Waals surface area contributed by atoms with Crippen LogP contribution in [0.1, 0.15) is 24.3 Å². The van der Waals surface area contributed by atoms with Gasteiger partial charge in [-0.1, -0.05) is 15.9 Å². The molecule has 1 N–H and O–H groups in total. The molecule has 1 aromatic carbocycles. The molecule has 0 spiro atoms. The molecule has 3 nitrogen and oxygen atoms in total. The minimum atomic E-state index is -0.588. The van der Waals surface area contributed by atoms with E-state index in [1.165, 1.54) is 0 Å². The second-order valence-electron chi connectivity index (χ2n) is 4.05. The van der Waals surface area contributed by atoms with E-state index in [0.717, 1.165) is 15.7 Å². The Labute approximate surface area is 115 Å². The number of hydrogen-bond donors (Lipinski definition) is 1. The summed E-state index contributed by atoms with van der Waals surface area (Å²) < 4.78 is 6.72. The van der Waals surface area contributed by atoms with Gasteiger partial charge in [0.15, 0.2) is 0 Å². The molecule has 94 valence electrons. The minimum absolute atomic E-state index is 0.588. The number of halogens is 1. The lowest BCUT2D eigenvalue weighted by molar-refractivity contribution is 0.195. The summed E-state index contributed by atoms with van der Waals surface area (Å²) in [5.41, 5.74) is 1.56. The maximum absolute atomic E-state index is 9.76. The lowest BCUT2D eigenvalue weighted by Gasteiger charge is -2.14. The summed E-state index contributed by atoms with van der Waals surface area (Å²) in [7, 11) is 0. The van der Waals surface area contributed by atoms with Crippen molar-refractivity contribution in [3.05, 3.63) is 52.3 Å². The van der Waals surface area contributed by atoms with E-state index in [1.54, 1.807) is 13.1 Å². The Hall–Kier alpha value is -1.39. The van der Waals surface area contributed by atoms with Crippen LogP contribution >= 0.6 is 15.9 Å². The number of rotatable bonds is 3. The quantitative estimate of drug-likeness (QED) is 0.932. The van der Waals surface area contributed by atoms with Crippen LogP contribution in [0.15, 0.2) is 41.0 Å². The fourth-order valence-electron chi connectivity index (χ4n) is 1.63. The van der Waals surface area contributed by atoms with Gasteiger partial charge in [-0.3, -0.25) is 4.98 Å². The highest BCUT2D eigenvalue weighted by Gasteiger charge is 2.11. The van der Waals surface area contributed by atoms with Gasteiger partial charge in [-0.25, -0.2) is 0 Å². The first kappa shape index (κ1) is 13.1. The smallest absolute Gasteiger partial charge is 0.148 e. The van der Waals surface area contributed by atoms with Crippen LogP contribution in [-0.4, -0.2) is 10.1 Å². The van der Waals surface area contributed by atoms with Gasteiger partial charge in [0.2, 0.25) is 0 Å². The molecule has 0 fully saturated rings. The summed E-state index contributed by atoms with van der Waals surface area (Å²) >= 11 is 3.39. The van der Waals surface area contributed by atoms with Crippen molar-refractivity contribution in [3.63, 3.8) is 0 Å². The molecule has 0 radical (unpaired) electrons. The fourth-order valence-corrected chi connectivity index (χ4v) is 2.01. The van der Waals surface area contributed by atoms with Crippen molar-refractivity contribution in [3.8, 4) is 11.5 Å². The van der Waals surface area contributed by atoms with Gasteiger partial charge in [-0.15, -0.1) is 0 Å². The van der Waals surface area contributed by atoms with Gasteiger partial charge in [-0.2, -0.15) is 0 Å². The van der Waals surface area contributed by atoms with Crippen molar-refractivity contribution >= 4 is 15.9 Å². The van der Waals surface area contributed by atoms with Gasteiger partial charge >= 0.3 is 0 Å². The van der Waals surface area contributed by atoms with E-state index in [0.29, 0.717) is 11.5 Å². The predicted molar refractivity (Wildman–Crippen MR) is 73.8 cm³/mol. The van der Waals surface area contributed by atoms with Crippen LogP contribution in [0.25, 0.3) is 0 Å². The molecule has 0 bridgehead atoms. The Morgan fingerprint density at radius 1 is 1.28 bits per heavy atom. The van der Waals surface area contributed by atoms with E-state index in [-0.39, 0.29) is 0 Å². The van der Waals surface area contributed by atoms with E-state index >= 15 is 0 Å². The molecule has 1 unspecified atom stereocenters. The van der Waals surface area contributed by atoms with E-state index in [1.807, 2.05) is 37.3 Å². The third-order valence-electron chi connectivity index (χ3n) is 2.60. The Morgan fingerprint density at radius 3 is 2.72 bits per heavy atom. The van der Waals surface area contributed by atoms with Crippen LogP contribution in [0.4, 0.5) is 0 Å². The molecule has 0 amide bonds. The number of aryl methyl sites for hydroxylation is 1. The summed E-state index contributed by atoms with van der Waals surface area (Å²) in [5.74, 6) is 1.34. The summed E-state index contributed by atoms with van der Waals surface area (Å²) in [5, 5.41) is 9.76. The van der Waals surface area contributed by atoms with Crippen molar-refractivity contribution in [1.29, 1.82) is 0 Å². The second-order valence-corrected chi connectivity index (χ2v) is 4.96. The zero-order chi connectivity index (χ0) is 13.1. The number of benzene rings is 1. The van der Waals surface area contributed by atoms with Gasteiger partial charge in [0.05, 0.1) is 11.8 Å². The maximum Gasteiger partial charge on any atom is 0.148 e. The molecule has 4 heteroatoms. The van der Waals surface area contributed by atoms with Gasteiger partial charge < -0.3 is 9.84 Å². The van der Waals surface area contributed by atoms with Crippen LogP contribution in [0, 0.1) is 6.92 Å². The zero-order valence-electron chi connectivity index (χ0n) is 10.2. The highest BCUT2D eigenvalue weighted by molar-refractivity contribution is 9.10. The number of aromatic nitrogens is 1. The molecule has 18 heavy (non-hydrogen) atoms. The Balaban J connectivity index is 2.37. The first-order chi connectivity index (χ1) is 8.58. The number of ether oxygens (including phenoxy) is 1. The molecule has 0 aliphatic carbocycles. The topological polar surface area (TPSA) is 42.4 Å². The Bertz CT molecular complexity index is 555. The molecule has 1 atom stereocenters. The zero-order valence-corrected chi connectivity index (χ0v) is 11.8. The van der Waals surface area contributed by atoms with Crippen LogP contribution in [0.2, 0.25) is 0 Å². The number of hydrogen-bond acceptors (Lipinski definition) is 3. The molecule has 1 heterocycles. The third kappa shape index (κ3) is 2.89. The largest absolute Gasteiger partial charge is 0.455 e. The van der Waals surface area contributed by atoms with Crippen LogP contribution in [-0.2, 0) is 0 Å². The molecular weight excluding hydrogens is 294 g/mol. The monoisotopic (exact) mass is 307 g/mol. The lowest BCUT2D eigenvalue weighted by atomic mass is 10.1.